The average molecular weight is 538 g/mol. The minimum Gasteiger partial charge on any atom is -0.364 e. The first-order valence-corrected chi connectivity index (χ1v) is 13.2. The summed E-state index contributed by atoms with van der Waals surface area (Å²) in [6.07, 6.45) is 3.24. The molecule has 0 unspecified atom stereocenters. The number of aryl methyl sites for hydroxylation is 1. The second kappa shape index (κ2) is 14.4. The Morgan fingerprint density at radius 2 is 1.47 bits per heavy atom. The maximum absolute atomic E-state index is 14.5. The molecule has 0 radical (unpaired) electrons. The predicted molar refractivity (Wildman–Crippen MR) is 139 cm³/mol. The Morgan fingerprint density at radius 1 is 0.842 bits per heavy atom. The van der Waals surface area contributed by atoms with Gasteiger partial charge in [0.05, 0.1) is 23.7 Å². The first kappa shape index (κ1) is 29.8. The highest BCUT2D eigenvalue weighted by Crippen LogP contribution is 2.29. The van der Waals surface area contributed by atoms with Gasteiger partial charge in [-0.1, -0.05) is 38.5 Å². The Bertz CT molecular complexity index is 1130. The molecular formula is C29H36F5N3O. The van der Waals surface area contributed by atoms with Crippen molar-refractivity contribution in [1.29, 1.82) is 0 Å². The summed E-state index contributed by atoms with van der Waals surface area (Å²) < 4.78 is 73.1. The molecule has 3 aromatic rings. The fourth-order valence-electron chi connectivity index (χ4n) is 4.25. The van der Waals surface area contributed by atoms with Crippen LogP contribution in [-0.4, -0.2) is 28.6 Å². The van der Waals surface area contributed by atoms with Gasteiger partial charge in [0.2, 0.25) is 0 Å². The summed E-state index contributed by atoms with van der Waals surface area (Å²) in [7, 11) is 0. The van der Waals surface area contributed by atoms with Gasteiger partial charge in [-0.05, 0) is 86.8 Å². The Balaban J connectivity index is 1.74. The van der Waals surface area contributed by atoms with Gasteiger partial charge < -0.3 is 10.5 Å². The maximum atomic E-state index is 14.5. The van der Waals surface area contributed by atoms with Crippen LogP contribution in [0.4, 0.5) is 22.0 Å². The summed E-state index contributed by atoms with van der Waals surface area (Å²) >= 11 is 0. The molecule has 0 aliphatic rings. The summed E-state index contributed by atoms with van der Waals surface area (Å²) in [5.41, 5.74) is 8.21. The summed E-state index contributed by atoms with van der Waals surface area (Å²) in [5, 5.41) is 4.70. The van der Waals surface area contributed by atoms with Gasteiger partial charge in [0.25, 0.3) is 0 Å². The van der Waals surface area contributed by atoms with Crippen LogP contribution in [0, 0.1) is 11.6 Å². The van der Waals surface area contributed by atoms with E-state index in [9.17, 15) is 22.0 Å². The van der Waals surface area contributed by atoms with Crippen LogP contribution in [0.15, 0.2) is 48.5 Å². The van der Waals surface area contributed by atoms with Crippen LogP contribution in [-0.2, 0) is 17.8 Å². The van der Waals surface area contributed by atoms with Crippen LogP contribution in [0.3, 0.4) is 0 Å². The van der Waals surface area contributed by atoms with Crippen LogP contribution >= 0.6 is 0 Å². The quantitative estimate of drug-likeness (QED) is 0.158. The number of benzene rings is 2. The molecule has 0 aliphatic carbocycles. The molecule has 4 nitrogen and oxygen atoms in total. The molecule has 0 amide bonds. The van der Waals surface area contributed by atoms with Crippen LogP contribution in [0.2, 0.25) is 0 Å². The van der Waals surface area contributed by atoms with Gasteiger partial charge in [-0.3, -0.25) is 0 Å². The van der Waals surface area contributed by atoms with Crippen molar-refractivity contribution in [3.8, 4) is 16.9 Å². The van der Waals surface area contributed by atoms with E-state index in [0.29, 0.717) is 16.9 Å². The highest BCUT2D eigenvalue weighted by molar-refractivity contribution is 5.64. The zero-order valence-electron chi connectivity index (χ0n) is 21.7. The van der Waals surface area contributed by atoms with E-state index in [-0.39, 0.29) is 5.56 Å². The number of hydrogen-bond acceptors (Lipinski definition) is 3. The van der Waals surface area contributed by atoms with E-state index in [2.05, 4.69) is 0 Å². The molecule has 0 saturated carbocycles. The Morgan fingerprint density at radius 3 is 2.11 bits per heavy atom. The van der Waals surface area contributed by atoms with Crippen LogP contribution < -0.4 is 5.73 Å². The smallest absolute Gasteiger partial charge is 0.364 e. The van der Waals surface area contributed by atoms with Gasteiger partial charge in [0.15, 0.2) is 6.10 Å². The number of alkyl halides is 3. The lowest BCUT2D eigenvalue weighted by atomic mass is 10.0. The normalized spacial score (nSPS) is 12.7. The third-order valence-corrected chi connectivity index (χ3v) is 6.43. The van der Waals surface area contributed by atoms with Gasteiger partial charge in [0, 0.05) is 5.56 Å². The Kier molecular flexibility index (Phi) is 11.3. The number of aromatic nitrogens is 2. The molecule has 0 saturated heterocycles. The number of hydrogen-bond donors (Lipinski definition) is 1. The number of halogens is 5. The summed E-state index contributed by atoms with van der Waals surface area (Å²) in [4.78, 5) is 0. The first-order valence-electron chi connectivity index (χ1n) is 13.2. The fraction of sp³-hybridized carbons (Fsp3) is 0.483. The van der Waals surface area contributed by atoms with Gasteiger partial charge in [0.1, 0.15) is 11.6 Å². The van der Waals surface area contributed by atoms with Gasteiger partial charge in [-0.2, -0.15) is 18.3 Å². The van der Waals surface area contributed by atoms with E-state index in [0.717, 1.165) is 57.3 Å². The van der Waals surface area contributed by atoms with Crippen LogP contribution in [0.1, 0.15) is 69.5 Å². The van der Waals surface area contributed by atoms with E-state index >= 15 is 0 Å². The molecule has 1 aromatic heterocycles. The molecular weight excluding hydrogens is 501 g/mol. The number of ether oxygens (including phenoxy) is 1. The third-order valence-electron chi connectivity index (χ3n) is 6.43. The SMILES string of the molecule is C[C@@H](OCc1cc(F)cc(-c2cc(CCCCCCCCCCN)nn2-c2ccc(F)cc2)c1)C(F)(F)F. The van der Waals surface area contributed by atoms with E-state index < -0.39 is 30.5 Å². The van der Waals surface area contributed by atoms with Crippen LogP contribution in [0.25, 0.3) is 16.9 Å². The van der Waals surface area contributed by atoms with Crippen molar-refractivity contribution in [3.63, 3.8) is 0 Å². The van der Waals surface area contributed by atoms with Gasteiger partial charge >= 0.3 is 6.18 Å². The van der Waals surface area contributed by atoms with Crippen molar-refractivity contribution >= 4 is 0 Å². The summed E-state index contributed by atoms with van der Waals surface area (Å²) in [6, 6.07) is 11.7. The molecule has 38 heavy (non-hydrogen) atoms. The van der Waals surface area contributed by atoms with Crippen molar-refractivity contribution in [1.82, 2.24) is 9.78 Å². The van der Waals surface area contributed by atoms with Crippen molar-refractivity contribution in [3.05, 3.63) is 71.4 Å². The zero-order chi connectivity index (χ0) is 27.5. The molecule has 208 valence electrons. The lowest BCUT2D eigenvalue weighted by Crippen LogP contribution is -2.28. The topological polar surface area (TPSA) is 53.1 Å². The standard InChI is InChI=1S/C29H36F5N3O/c1-21(29(32,33)34)38-20-22-16-23(18-25(31)17-22)28-19-26(10-8-6-4-2-3-5-7-9-15-35)36-37(28)27-13-11-24(30)12-14-27/h11-14,16-19,21H,2-10,15,20,35H2,1H3/t21-/m1/s1. The van der Waals surface area contributed by atoms with Crippen molar-refractivity contribution in [2.75, 3.05) is 6.54 Å². The highest BCUT2D eigenvalue weighted by atomic mass is 19.4. The predicted octanol–water partition coefficient (Wildman–Crippen LogP) is 7.91. The largest absolute Gasteiger partial charge is 0.414 e. The maximum Gasteiger partial charge on any atom is 0.414 e. The number of unbranched alkanes of at least 4 members (excludes halogenated alkanes) is 7. The second-order valence-corrected chi connectivity index (χ2v) is 9.62. The van der Waals surface area contributed by atoms with Crippen molar-refractivity contribution in [2.45, 2.75) is 83.6 Å². The summed E-state index contributed by atoms with van der Waals surface area (Å²) in [5.74, 6) is -0.990. The van der Waals surface area contributed by atoms with Crippen LogP contribution in [0.5, 0.6) is 0 Å². The zero-order valence-corrected chi connectivity index (χ0v) is 21.7. The molecule has 0 spiro atoms. The molecule has 0 bridgehead atoms. The van der Waals surface area contributed by atoms with E-state index in [1.807, 2.05) is 6.07 Å². The lowest BCUT2D eigenvalue weighted by molar-refractivity contribution is -0.217. The lowest BCUT2D eigenvalue weighted by Gasteiger charge is -2.16. The second-order valence-electron chi connectivity index (χ2n) is 9.62. The Labute approximate surface area is 221 Å². The van der Waals surface area contributed by atoms with E-state index in [1.165, 1.54) is 43.9 Å². The molecule has 2 N–H and O–H groups in total. The fourth-order valence-corrected chi connectivity index (χ4v) is 4.25. The highest BCUT2D eigenvalue weighted by Gasteiger charge is 2.36. The molecule has 1 atom stereocenters. The van der Waals surface area contributed by atoms with E-state index in [1.54, 1.807) is 22.9 Å². The number of rotatable bonds is 15. The number of nitrogens with two attached hydrogens (primary N) is 1. The minimum atomic E-state index is -4.50. The van der Waals surface area contributed by atoms with Gasteiger partial charge in [-0.15, -0.1) is 0 Å². The average Bonchev–Trinajstić information content (AvgIpc) is 3.30. The summed E-state index contributed by atoms with van der Waals surface area (Å²) in [6.45, 7) is 1.27. The third kappa shape index (κ3) is 9.20. The molecule has 0 aliphatic heterocycles. The van der Waals surface area contributed by atoms with Crippen molar-refractivity contribution in [2.24, 2.45) is 5.73 Å². The molecule has 1 heterocycles. The monoisotopic (exact) mass is 537 g/mol. The molecule has 3 rings (SSSR count). The van der Waals surface area contributed by atoms with Gasteiger partial charge in [-0.25, -0.2) is 13.5 Å². The van der Waals surface area contributed by atoms with Crippen molar-refractivity contribution < 1.29 is 26.7 Å². The molecule has 0 fully saturated rings. The number of nitrogens with zero attached hydrogens (tertiary/aromatic N) is 2. The van der Waals surface area contributed by atoms with E-state index in [4.69, 9.17) is 15.6 Å². The Hall–Kier alpha value is -2.78. The molecule has 2 aromatic carbocycles. The first-order chi connectivity index (χ1) is 18.2. The molecule has 9 heteroatoms. The minimum absolute atomic E-state index is 0.274.